The van der Waals surface area contributed by atoms with Crippen LogP contribution in [0.2, 0.25) is 0 Å². The van der Waals surface area contributed by atoms with Gasteiger partial charge in [0.15, 0.2) is 5.11 Å². The zero-order chi connectivity index (χ0) is 28.7. The van der Waals surface area contributed by atoms with Crippen LogP contribution in [0.5, 0.6) is 5.75 Å². The molecule has 208 valence electrons. The third-order valence-corrected chi connectivity index (χ3v) is 7.29. The van der Waals surface area contributed by atoms with E-state index in [-0.39, 0.29) is 5.69 Å². The molecule has 2 atom stereocenters. The van der Waals surface area contributed by atoms with E-state index >= 15 is 0 Å². The summed E-state index contributed by atoms with van der Waals surface area (Å²) in [6.07, 6.45) is -0.144. The number of anilines is 2. The van der Waals surface area contributed by atoms with Gasteiger partial charge in [-0.2, -0.15) is 13.2 Å². The van der Waals surface area contributed by atoms with Gasteiger partial charge in [-0.1, -0.05) is 12.1 Å². The maximum absolute atomic E-state index is 13.5. The number of hydrogen-bond acceptors (Lipinski definition) is 5. The molecule has 8 nitrogen and oxygen atoms in total. The molecule has 13 heteroatoms. The van der Waals surface area contributed by atoms with E-state index in [0.29, 0.717) is 33.6 Å². The number of thiocarbonyl (C=S) groups is 1. The molecule has 1 aliphatic rings. The summed E-state index contributed by atoms with van der Waals surface area (Å²) in [4.78, 5) is 6.30. The highest BCUT2D eigenvalue weighted by molar-refractivity contribution is 7.92. The Hall–Kier alpha value is -4.10. The molecule has 40 heavy (non-hydrogen) atoms. The van der Waals surface area contributed by atoms with Crippen molar-refractivity contribution in [1.82, 2.24) is 14.9 Å². The zero-order valence-electron chi connectivity index (χ0n) is 21.3. The summed E-state index contributed by atoms with van der Waals surface area (Å²) in [7, 11) is -2.21. The molecule has 4 aromatic rings. The van der Waals surface area contributed by atoms with Gasteiger partial charge in [-0.15, -0.1) is 0 Å². The lowest BCUT2D eigenvalue weighted by Crippen LogP contribution is -2.30. The molecule has 0 amide bonds. The zero-order valence-corrected chi connectivity index (χ0v) is 22.9. The molecular weight excluding hydrogens is 563 g/mol. The molecule has 0 radical (unpaired) electrons. The molecular formula is C27H24F3N5O3S2. The van der Waals surface area contributed by atoms with Gasteiger partial charge >= 0.3 is 6.18 Å². The summed E-state index contributed by atoms with van der Waals surface area (Å²) < 4.78 is 74.2. The Labute approximate surface area is 234 Å². The minimum Gasteiger partial charge on any atom is -0.495 e. The topological polar surface area (TPSA) is 88.5 Å². The predicted octanol–water partition coefficient (Wildman–Crippen LogP) is 5.45. The van der Waals surface area contributed by atoms with Crippen molar-refractivity contribution in [2.45, 2.75) is 18.3 Å². The third-order valence-electron chi connectivity index (χ3n) is 6.39. The van der Waals surface area contributed by atoms with E-state index in [1.807, 2.05) is 18.2 Å². The molecule has 2 aromatic heterocycles. The molecule has 0 unspecified atom stereocenters. The van der Waals surface area contributed by atoms with Crippen molar-refractivity contribution in [1.29, 1.82) is 0 Å². The summed E-state index contributed by atoms with van der Waals surface area (Å²) in [5.74, 6) is 0.303. The van der Waals surface area contributed by atoms with Gasteiger partial charge in [-0.3, -0.25) is 9.71 Å². The molecule has 1 aliphatic heterocycles. The lowest BCUT2D eigenvalue weighted by atomic mass is 10.0. The number of pyridine rings is 1. The standard InChI is InChI=1S/C27H24F3N5O3S2/c1-38-23-12-11-19(16-21(23)33-40(2,36)37)35-25(24(32-26(35)39)20-9-3-4-13-31-20)22-10-6-14-34(22)18-8-5-7-17(15-18)27(28,29)30/h3-16,24-25,33H,1-2H3,(H,32,39)/t24-,25-/m1/s1. The smallest absolute Gasteiger partial charge is 0.416 e. The minimum atomic E-state index is -4.51. The van der Waals surface area contributed by atoms with Crippen LogP contribution in [0.4, 0.5) is 24.5 Å². The van der Waals surface area contributed by atoms with Gasteiger partial charge in [-0.25, -0.2) is 8.42 Å². The normalized spacial score (nSPS) is 17.5. The van der Waals surface area contributed by atoms with E-state index in [4.69, 9.17) is 17.0 Å². The Morgan fingerprint density at radius 2 is 1.82 bits per heavy atom. The maximum atomic E-state index is 13.5. The first-order chi connectivity index (χ1) is 19.0. The average molecular weight is 588 g/mol. The molecule has 1 saturated heterocycles. The second kappa shape index (κ2) is 10.5. The minimum absolute atomic E-state index is 0.207. The van der Waals surface area contributed by atoms with Gasteiger partial charge in [0, 0.05) is 29.5 Å². The molecule has 0 aliphatic carbocycles. The Morgan fingerprint density at radius 3 is 2.50 bits per heavy atom. The number of halogens is 3. The van der Waals surface area contributed by atoms with Crippen LogP contribution in [0.25, 0.3) is 5.69 Å². The summed E-state index contributed by atoms with van der Waals surface area (Å²) in [6.45, 7) is 0. The highest BCUT2D eigenvalue weighted by atomic mass is 32.2. The van der Waals surface area contributed by atoms with Crippen LogP contribution in [-0.4, -0.2) is 36.4 Å². The second-order valence-corrected chi connectivity index (χ2v) is 11.2. The largest absolute Gasteiger partial charge is 0.495 e. The van der Waals surface area contributed by atoms with Gasteiger partial charge < -0.3 is 19.5 Å². The molecule has 0 saturated carbocycles. The molecule has 0 bridgehead atoms. The van der Waals surface area contributed by atoms with E-state index in [0.717, 1.165) is 18.4 Å². The van der Waals surface area contributed by atoms with Crippen LogP contribution in [0.1, 0.15) is 29.0 Å². The number of benzene rings is 2. The van der Waals surface area contributed by atoms with Crippen LogP contribution >= 0.6 is 12.2 Å². The highest BCUT2D eigenvalue weighted by Crippen LogP contribution is 2.44. The molecule has 5 rings (SSSR count). The monoisotopic (exact) mass is 587 g/mol. The van der Waals surface area contributed by atoms with Crippen molar-refractivity contribution >= 4 is 38.7 Å². The van der Waals surface area contributed by atoms with Gasteiger partial charge in [0.1, 0.15) is 11.8 Å². The van der Waals surface area contributed by atoms with E-state index in [1.54, 1.807) is 58.3 Å². The number of alkyl halides is 3. The molecule has 0 spiro atoms. The predicted molar refractivity (Wildman–Crippen MR) is 150 cm³/mol. The number of nitrogens with one attached hydrogen (secondary N) is 2. The molecule has 3 heterocycles. The lowest BCUT2D eigenvalue weighted by Gasteiger charge is -2.29. The Balaban J connectivity index is 1.67. The molecule has 1 fully saturated rings. The Bertz CT molecular complexity index is 1660. The van der Waals surface area contributed by atoms with E-state index < -0.39 is 33.8 Å². The first-order valence-corrected chi connectivity index (χ1v) is 14.3. The number of hydrogen-bond donors (Lipinski definition) is 2. The maximum Gasteiger partial charge on any atom is 0.416 e. The Kier molecular flexibility index (Phi) is 7.19. The fourth-order valence-corrected chi connectivity index (χ4v) is 5.67. The average Bonchev–Trinajstić information content (AvgIpc) is 3.52. The van der Waals surface area contributed by atoms with Gasteiger partial charge in [-0.05, 0) is 72.9 Å². The van der Waals surface area contributed by atoms with Crippen molar-refractivity contribution in [2.75, 3.05) is 23.0 Å². The fourth-order valence-electron chi connectivity index (χ4n) is 4.76. The number of methoxy groups -OCH3 is 1. The fraction of sp³-hybridized carbons (Fsp3) is 0.185. The van der Waals surface area contributed by atoms with E-state index in [1.165, 1.54) is 13.2 Å². The van der Waals surface area contributed by atoms with Gasteiger partial charge in [0.2, 0.25) is 10.0 Å². The Morgan fingerprint density at radius 1 is 1.02 bits per heavy atom. The van der Waals surface area contributed by atoms with Crippen LogP contribution < -0.4 is 19.7 Å². The van der Waals surface area contributed by atoms with Crippen LogP contribution in [0, 0.1) is 0 Å². The first kappa shape index (κ1) is 27.5. The van der Waals surface area contributed by atoms with Crippen molar-refractivity contribution in [2.24, 2.45) is 0 Å². The van der Waals surface area contributed by atoms with Gasteiger partial charge in [0.25, 0.3) is 0 Å². The van der Waals surface area contributed by atoms with Crippen LogP contribution in [-0.2, 0) is 16.2 Å². The van der Waals surface area contributed by atoms with Crippen molar-refractivity contribution < 1.29 is 26.3 Å². The van der Waals surface area contributed by atoms with Crippen molar-refractivity contribution in [3.05, 3.63) is 102 Å². The number of rotatable bonds is 7. The SMILES string of the molecule is COc1ccc(N2C(=S)N[C@H](c3ccccn3)[C@H]2c2cccn2-c2cccc(C(F)(F)F)c2)cc1NS(C)(=O)=O. The van der Waals surface area contributed by atoms with Crippen LogP contribution in [0.3, 0.4) is 0 Å². The second-order valence-electron chi connectivity index (χ2n) is 9.11. The first-order valence-electron chi connectivity index (χ1n) is 12.0. The lowest BCUT2D eigenvalue weighted by molar-refractivity contribution is -0.137. The molecule has 2 N–H and O–H groups in total. The third kappa shape index (κ3) is 5.47. The van der Waals surface area contributed by atoms with Crippen molar-refractivity contribution in [3.63, 3.8) is 0 Å². The quantitative estimate of drug-likeness (QED) is 0.278. The summed E-state index contributed by atoms with van der Waals surface area (Å²) in [5.41, 5.74) is 1.59. The number of ether oxygens (including phenoxy) is 1. The van der Waals surface area contributed by atoms with Crippen LogP contribution in [0.15, 0.2) is 85.2 Å². The summed E-state index contributed by atoms with van der Waals surface area (Å²) >= 11 is 5.75. The van der Waals surface area contributed by atoms with Crippen molar-refractivity contribution in [3.8, 4) is 11.4 Å². The van der Waals surface area contributed by atoms with Gasteiger partial charge in [0.05, 0.1) is 36.4 Å². The van der Waals surface area contributed by atoms with E-state index in [9.17, 15) is 21.6 Å². The summed E-state index contributed by atoms with van der Waals surface area (Å²) in [6, 6.07) is 17.9. The highest BCUT2D eigenvalue weighted by Gasteiger charge is 2.42. The number of aromatic nitrogens is 2. The van der Waals surface area contributed by atoms with E-state index in [2.05, 4.69) is 15.0 Å². The number of sulfonamides is 1. The number of nitrogens with zero attached hydrogens (tertiary/aromatic N) is 3. The molecule has 2 aromatic carbocycles. The summed E-state index contributed by atoms with van der Waals surface area (Å²) in [5, 5.41) is 3.63.